The van der Waals surface area contributed by atoms with E-state index in [2.05, 4.69) is 10.3 Å². The molecule has 1 amide bonds. The average molecular weight is 245 g/mol. The third kappa shape index (κ3) is 2.38. The highest BCUT2D eigenvalue weighted by atomic mass is 16.2. The summed E-state index contributed by atoms with van der Waals surface area (Å²) in [4.78, 5) is 18.2. The van der Waals surface area contributed by atoms with Crippen LogP contribution in [0.15, 0.2) is 24.5 Å². The molecule has 2 atom stereocenters. The number of piperidine rings is 1. The van der Waals surface area contributed by atoms with Crippen LogP contribution in [0.5, 0.6) is 0 Å². The van der Waals surface area contributed by atoms with Crippen LogP contribution in [0, 0.1) is 5.92 Å². The number of carbonyl (C=O) groups excluding carboxylic acids is 1. The van der Waals surface area contributed by atoms with Crippen molar-refractivity contribution < 1.29 is 4.79 Å². The van der Waals surface area contributed by atoms with Crippen LogP contribution in [-0.2, 0) is 11.2 Å². The summed E-state index contributed by atoms with van der Waals surface area (Å²) in [6.45, 7) is 2.92. The summed E-state index contributed by atoms with van der Waals surface area (Å²) in [5, 5.41) is 3.53. The van der Waals surface area contributed by atoms with Crippen molar-refractivity contribution in [3.63, 3.8) is 0 Å². The maximum Gasteiger partial charge on any atom is 0.227 e. The van der Waals surface area contributed by atoms with Crippen LogP contribution in [0.1, 0.15) is 18.4 Å². The van der Waals surface area contributed by atoms with Gasteiger partial charge in [0.2, 0.25) is 5.91 Å². The molecule has 96 valence electrons. The summed E-state index contributed by atoms with van der Waals surface area (Å²) >= 11 is 0. The highest BCUT2D eigenvalue weighted by molar-refractivity contribution is 5.79. The molecule has 2 aliphatic heterocycles. The van der Waals surface area contributed by atoms with E-state index in [9.17, 15) is 4.79 Å². The zero-order valence-corrected chi connectivity index (χ0v) is 10.5. The molecule has 0 saturated carbocycles. The average Bonchev–Trinajstić information content (AvgIpc) is 2.84. The minimum Gasteiger partial charge on any atom is -0.341 e. The molecule has 2 fully saturated rings. The highest BCUT2D eigenvalue weighted by Gasteiger charge is 2.36. The van der Waals surface area contributed by atoms with E-state index in [-0.39, 0.29) is 5.91 Å². The van der Waals surface area contributed by atoms with Crippen molar-refractivity contribution >= 4 is 5.91 Å². The third-order valence-corrected chi connectivity index (χ3v) is 4.06. The molecule has 2 aliphatic rings. The Morgan fingerprint density at radius 2 is 2.22 bits per heavy atom. The Bertz CT molecular complexity index is 406. The molecule has 0 aromatic carbocycles. The third-order valence-electron chi connectivity index (χ3n) is 4.06. The van der Waals surface area contributed by atoms with Crippen molar-refractivity contribution in [3.05, 3.63) is 30.1 Å². The normalized spacial score (nSPS) is 27.0. The first-order chi connectivity index (χ1) is 8.83. The maximum atomic E-state index is 12.2. The number of hydrogen-bond acceptors (Lipinski definition) is 3. The minimum atomic E-state index is 0.248. The molecule has 3 rings (SSSR count). The van der Waals surface area contributed by atoms with Crippen molar-refractivity contribution in [3.8, 4) is 0 Å². The van der Waals surface area contributed by atoms with Crippen LogP contribution < -0.4 is 5.32 Å². The molecule has 1 aromatic rings. The quantitative estimate of drug-likeness (QED) is 0.839. The van der Waals surface area contributed by atoms with Gasteiger partial charge in [-0.25, -0.2) is 0 Å². The lowest BCUT2D eigenvalue weighted by molar-refractivity contribution is -0.129. The van der Waals surface area contributed by atoms with Gasteiger partial charge in [-0.05, 0) is 43.0 Å². The molecule has 18 heavy (non-hydrogen) atoms. The Morgan fingerprint density at radius 3 is 3.00 bits per heavy atom. The number of pyridine rings is 1. The van der Waals surface area contributed by atoms with E-state index in [4.69, 9.17) is 0 Å². The maximum absolute atomic E-state index is 12.2. The second-order valence-corrected chi connectivity index (χ2v) is 5.29. The van der Waals surface area contributed by atoms with Gasteiger partial charge in [-0.2, -0.15) is 0 Å². The van der Waals surface area contributed by atoms with E-state index in [0.29, 0.717) is 18.4 Å². The number of likely N-dealkylation sites (tertiary alicyclic amines) is 1. The SMILES string of the molecule is O=C(Cc1ccncc1)N1CC2CCCNC2C1. The van der Waals surface area contributed by atoms with Crippen LogP contribution in [0.25, 0.3) is 0 Å². The number of rotatable bonds is 2. The van der Waals surface area contributed by atoms with E-state index < -0.39 is 0 Å². The van der Waals surface area contributed by atoms with E-state index in [0.717, 1.165) is 25.2 Å². The fourth-order valence-electron chi connectivity index (χ4n) is 3.04. The number of aromatic nitrogens is 1. The van der Waals surface area contributed by atoms with Gasteiger partial charge < -0.3 is 10.2 Å². The Morgan fingerprint density at radius 1 is 1.39 bits per heavy atom. The summed E-state index contributed by atoms with van der Waals surface area (Å²) in [5.74, 6) is 0.914. The summed E-state index contributed by atoms with van der Waals surface area (Å²) in [7, 11) is 0. The second kappa shape index (κ2) is 5.06. The molecule has 0 spiro atoms. The van der Waals surface area contributed by atoms with Crippen LogP contribution in [-0.4, -0.2) is 41.5 Å². The first-order valence-corrected chi connectivity index (χ1v) is 6.73. The van der Waals surface area contributed by atoms with Crippen molar-refractivity contribution in [1.29, 1.82) is 0 Å². The van der Waals surface area contributed by atoms with Crippen LogP contribution in [0.4, 0.5) is 0 Å². The molecule has 0 radical (unpaired) electrons. The summed E-state index contributed by atoms with van der Waals surface area (Å²) in [6.07, 6.45) is 6.49. The summed E-state index contributed by atoms with van der Waals surface area (Å²) < 4.78 is 0. The number of fused-ring (bicyclic) bond motifs is 1. The molecule has 0 bridgehead atoms. The van der Waals surface area contributed by atoms with Gasteiger partial charge >= 0.3 is 0 Å². The van der Waals surface area contributed by atoms with Gasteiger partial charge in [0.1, 0.15) is 0 Å². The van der Waals surface area contributed by atoms with Crippen LogP contribution in [0.3, 0.4) is 0 Å². The van der Waals surface area contributed by atoms with Crippen LogP contribution >= 0.6 is 0 Å². The standard InChI is InChI=1S/C14H19N3O/c18-14(8-11-3-6-15-7-4-11)17-9-12-2-1-5-16-13(12)10-17/h3-4,6-7,12-13,16H,1-2,5,8-10H2. The first-order valence-electron chi connectivity index (χ1n) is 6.73. The monoisotopic (exact) mass is 245 g/mol. The lowest BCUT2D eigenvalue weighted by Gasteiger charge is -2.24. The number of nitrogens with zero attached hydrogens (tertiary/aromatic N) is 2. The van der Waals surface area contributed by atoms with Crippen molar-refractivity contribution in [1.82, 2.24) is 15.2 Å². The molecule has 1 aromatic heterocycles. The number of amides is 1. The molecule has 0 aliphatic carbocycles. The molecule has 2 saturated heterocycles. The van der Waals surface area contributed by atoms with Gasteiger partial charge in [-0.15, -0.1) is 0 Å². The molecule has 2 unspecified atom stereocenters. The molecular weight excluding hydrogens is 226 g/mol. The van der Waals surface area contributed by atoms with Gasteiger partial charge in [0.05, 0.1) is 6.42 Å². The number of nitrogens with one attached hydrogen (secondary N) is 1. The molecular formula is C14H19N3O. The topological polar surface area (TPSA) is 45.2 Å². The minimum absolute atomic E-state index is 0.248. The van der Waals surface area contributed by atoms with E-state index in [1.165, 1.54) is 12.8 Å². The smallest absolute Gasteiger partial charge is 0.227 e. The molecule has 4 nitrogen and oxygen atoms in total. The lowest BCUT2D eigenvalue weighted by Crippen LogP contribution is -2.41. The van der Waals surface area contributed by atoms with Gasteiger partial charge in [-0.3, -0.25) is 9.78 Å². The summed E-state index contributed by atoms with van der Waals surface area (Å²) in [5.41, 5.74) is 1.05. The van der Waals surface area contributed by atoms with Gasteiger partial charge in [0.25, 0.3) is 0 Å². The van der Waals surface area contributed by atoms with Gasteiger partial charge in [0, 0.05) is 31.5 Å². The lowest BCUT2D eigenvalue weighted by atomic mass is 9.94. The Labute approximate surface area is 107 Å². The number of hydrogen-bond donors (Lipinski definition) is 1. The first kappa shape index (κ1) is 11.7. The van der Waals surface area contributed by atoms with Gasteiger partial charge in [-0.1, -0.05) is 0 Å². The molecule has 4 heteroatoms. The van der Waals surface area contributed by atoms with E-state index in [1.807, 2.05) is 17.0 Å². The van der Waals surface area contributed by atoms with E-state index >= 15 is 0 Å². The van der Waals surface area contributed by atoms with Crippen LogP contribution in [0.2, 0.25) is 0 Å². The Hall–Kier alpha value is -1.42. The van der Waals surface area contributed by atoms with Gasteiger partial charge in [0.15, 0.2) is 0 Å². The van der Waals surface area contributed by atoms with E-state index in [1.54, 1.807) is 12.4 Å². The predicted molar refractivity (Wildman–Crippen MR) is 69.0 cm³/mol. The zero-order valence-electron chi connectivity index (χ0n) is 10.5. The molecule has 3 heterocycles. The second-order valence-electron chi connectivity index (χ2n) is 5.29. The zero-order chi connectivity index (χ0) is 12.4. The van der Waals surface area contributed by atoms with Crippen molar-refractivity contribution in [2.24, 2.45) is 5.92 Å². The fraction of sp³-hybridized carbons (Fsp3) is 0.571. The van der Waals surface area contributed by atoms with Crippen molar-refractivity contribution in [2.75, 3.05) is 19.6 Å². The Kier molecular flexibility index (Phi) is 3.28. The molecule has 1 N–H and O–H groups in total. The predicted octanol–water partition coefficient (Wildman–Crippen LogP) is 0.834. The number of carbonyl (C=O) groups is 1. The fourth-order valence-corrected chi connectivity index (χ4v) is 3.04. The largest absolute Gasteiger partial charge is 0.341 e. The summed E-state index contributed by atoms with van der Waals surface area (Å²) in [6, 6.07) is 4.36. The highest BCUT2D eigenvalue weighted by Crippen LogP contribution is 2.25. The Balaban J connectivity index is 1.60. The van der Waals surface area contributed by atoms with Crippen molar-refractivity contribution in [2.45, 2.75) is 25.3 Å².